The molecule has 0 atom stereocenters. The van der Waals surface area contributed by atoms with Crippen molar-refractivity contribution in [1.29, 1.82) is 0 Å². The molecule has 6 heteroatoms. The number of carbonyl (C=O) groups is 1. The van der Waals surface area contributed by atoms with Crippen LogP contribution in [-0.2, 0) is 6.54 Å². The number of nitrogen functional groups attached to an aromatic ring is 1. The van der Waals surface area contributed by atoms with E-state index < -0.39 is 0 Å². The number of hydrogen-bond donors (Lipinski definition) is 3. The average molecular weight is 260 g/mol. The summed E-state index contributed by atoms with van der Waals surface area (Å²) in [6.07, 6.45) is 1.52. The van der Waals surface area contributed by atoms with Crippen molar-refractivity contribution in [3.63, 3.8) is 0 Å². The van der Waals surface area contributed by atoms with E-state index in [4.69, 9.17) is 5.84 Å². The minimum Gasteiger partial charge on any atom is -0.348 e. The Hall–Kier alpha value is -2.47. The second-order valence-electron chi connectivity index (χ2n) is 3.82. The van der Waals surface area contributed by atoms with Crippen molar-refractivity contribution in [2.75, 3.05) is 5.43 Å². The molecule has 0 bridgehead atoms. The zero-order valence-electron chi connectivity index (χ0n) is 10.1. The van der Waals surface area contributed by atoms with Gasteiger partial charge in [0.15, 0.2) is 5.82 Å². The number of halogens is 1. The maximum absolute atomic E-state index is 13.4. The molecule has 19 heavy (non-hydrogen) atoms. The number of carbonyl (C=O) groups excluding carboxylic acids is 1. The first-order valence-electron chi connectivity index (χ1n) is 5.65. The average Bonchev–Trinajstić information content (AvgIpc) is 2.46. The maximum Gasteiger partial charge on any atom is 0.255 e. The van der Waals surface area contributed by atoms with Crippen molar-refractivity contribution in [2.24, 2.45) is 5.84 Å². The van der Waals surface area contributed by atoms with Gasteiger partial charge in [-0.05, 0) is 18.2 Å². The van der Waals surface area contributed by atoms with E-state index in [9.17, 15) is 9.18 Å². The normalized spacial score (nSPS) is 10.0. The highest BCUT2D eigenvalue weighted by Gasteiger charge is 2.11. The van der Waals surface area contributed by atoms with Gasteiger partial charge in [0.1, 0.15) is 5.82 Å². The van der Waals surface area contributed by atoms with Crippen molar-refractivity contribution in [3.05, 3.63) is 59.5 Å². The quantitative estimate of drug-likeness (QED) is 0.574. The first kappa shape index (κ1) is 13.0. The lowest BCUT2D eigenvalue weighted by Gasteiger charge is -2.09. The molecule has 1 heterocycles. The SMILES string of the molecule is NNc1ncccc1C(=O)NCc1ccccc1F. The van der Waals surface area contributed by atoms with Gasteiger partial charge in [-0.15, -0.1) is 0 Å². The summed E-state index contributed by atoms with van der Waals surface area (Å²) in [5, 5.41) is 2.62. The van der Waals surface area contributed by atoms with Crippen LogP contribution in [0.25, 0.3) is 0 Å². The number of nitrogens with two attached hydrogens (primary N) is 1. The Labute approximate surface area is 109 Å². The Morgan fingerprint density at radius 1 is 1.26 bits per heavy atom. The smallest absolute Gasteiger partial charge is 0.255 e. The van der Waals surface area contributed by atoms with E-state index in [2.05, 4.69) is 15.7 Å². The van der Waals surface area contributed by atoms with Crippen LogP contribution in [0.15, 0.2) is 42.6 Å². The summed E-state index contributed by atoms with van der Waals surface area (Å²) in [4.78, 5) is 15.9. The minimum atomic E-state index is -0.371. The molecular formula is C13H13FN4O. The van der Waals surface area contributed by atoms with E-state index in [1.165, 1.54) is 12.3 Å². The van der Waals surface area contributed by atoms with Crippen molar-refractivity contribution >= 4 is 11.7 Å². The van der Waals surface area contributed by atoms with E-state index in [1.54, 1.807) is 30.3 Å². The zero-order chi connectivity index (χ0) is 13.7. The molecule has 0 aliphatic carbocycles. The summed E-state index contributed by atoms with van der Waals surface area (Å²) in [5.41, 5.74) is 3.07. The topological polar surface area (TPSA) is 80.0 Å². The van der Waals surface area contributed by atoms with Crippen LogP contribution < -0.4 is 16.6 Å². The van der Waals surface area contributed by atoms with E-state index >= 15 is 0 Å². The number of aromatic nitrogens is 1. The first-order valence-corrected chi connectivity index (χ1v) is 5.65. The highest BCUT2D eigenvalue weighted by molar-refractivity contribution is 5.98. The number of nitrogens with zero attached hydrogens (tertiary/aromatic N) is 1. The number of rotatable bonds is 4. The standard InChI is InChI=1S/C13H13FN4O/c14-11-6-2-1-4-9(11)8-17-13(19)10-5-3-7-16-12(10)18-15/h1-7H,8,15H2,(H,16,18)(H,17,19). The molecule has 0 saturated heterocycles. The van der Waals surface area contributed by atoms with Crippen LogP contribution in [0.3, 0.4) is 0 Å². The van der Waals surface area contributed by atoms with Crippen LogP contribution in [0.2, 0.25) is 0 Å². The van der Waals surface area contributed by atoms with Gasteiger partial charge in [-0.2, -0.15) is 0 Å². The largest absolute Gasteiger partial charge is 0.348 e. The number of hydrazine groups is 1. The fourth-order valence-electron chi connectivity index (χ4n) is 1.62. The molecule has 2 rings (SSSR count). The van der Waals surface area contributed by atoms with Gasteiger partial charge in [-0.25, -0.2) is 15.2 Å². The van der Waals surface area contributed by atoms with E-state index in [-0.39, 0.29) is 24.1 Å². The van der Waals surface area contributed by atoms with E-state index in [0.717, 1.165) is 0 Å². The lowest BCUT2D eigenvalue weighted by molar-refractivity contribution is 0.0951. The molecule has 1 aromatic heterocycles. The summed E-state index contributed by atoms with van der Waals surface area (Å²) in [6, 6.07) is 9.47. The number of anilines is 1. The highest BCUT2D eigenvalue weighted by Crippen LogP contribution is 2.10. The van der Waals surface area contributed by atoms with Crippen LogP contribution in [0.4, 0.5) is 10.2 Å². The molecule has 1 amide bonds. The van der Waals surface area contributed by atoms with E-state index in [1.807, 2.05) is 0 Å². The van der Waals surface area contributed by atoms with Crippen LogP contribution in [-0.4, -0.2) is 10.9 Å². The highest BCUT2D eigenvalue weighted by atomic mass is 19.1. The summed E-state index contributed by atoms with van der Waals surface area (Å²) >= 11 is 0. The third kappa shape index (κ3) is 3.05. The van der Waals surface area contributed by atoms with Gasteiger partial charge in [0.05, 0.1) is 5.56 Å². The van der Waals surface area contributed by atoms with Gasteiger partial charge in [-0.3, -0.25) is 4.79 Å². The fraction of sp³-hybridized carbons (Fsp3) is 0.0769. The monoisotopic (exact) mass is 260 g/mol. The predicted molar refractivity (Wildman–Crippen MR) is 69.6 cm³/mol. The van der Waals surface area contributed by atoms with Crippen LogP contribution in [0.5, 0.6) is 0 Å². The summed E-state index contributed by atoms with van der Waals surface area (Å²) < 4.78 is 13.4. The summed E-state index contributed by atoms with van der Waals surface area (Å²) in [6.45, 7) is 0.102. The molecule has 0 saturated carbocycles. The third-order valence-electron chi connectivity index (χ3n) is 2.59. The second-order valence-corrected chi connectivity index (χ2v) is 3.82. The number of nitrogens with one attached hydrogen (secondary N) is 2. The number of benzene rings is 1. The van der Waals surface area contributed by atoms with Gasteiger partial charge in [0.25, 0.3) is 5.91 Å². The van der Waals surface area contributed by atoms with Gasteiger partial charge in [0, 0.05) is 18.3 Å². The summed E-state index contributed by atoms with van der Waals surface area (Å²) in [5.74, 6) is 4.81. The Kier molecular flexibility index (Phi) is 4.04. The maximum atomic E-state index is 13.4. The van der Waals surface area contributed by atoms with Crippen molar-refractivity contribution < 1.29 is 9.18 Å². The Balaban J connectivity index is 2.08. The predicted octanol–water partition coefficient (Wildman–Crippen LogP) is 1.44. The molecule has 1 aromatic carbocycles. The molecule has 0 radical (unpaired) electrons. The molecule has 2 aromatic rings. The molecule has 0 spiro atoms. The first-order chi connectivity index (χ1) is 9.22. The number of amides is 1. The van der Waals surface area contributed by atoms with Gasteiger partial charge < -0.3 is 10.7 Å². The fourth-order valence-corrected chi connectivity index (χ4v) is 1.62. The number of pyridine rings is 1. The summed E-state index contributed by atoms with van der Waals surface area (Å²) in [7, 11) is 0. The van der Waals surface area contributed by atoms with Gasteiger partial charge >= 0.3 is 0 Å². The second kappa shape index (κ2) is 5.92. The van der Waals surface area contributed by atoms with Crippen LogP contribution in [0, 0.1) is 5.82 Å². The van der Waals surface area contributed by atoms with E-state index in [0.29, 0.717) is 11.1 Å². The van der Waals surface area contributed by atoms with Crippen molar-refractivity contribution in [3.8, 4) is 0 Å². The lowest BCUT2D eigenvalue weighted by atomic mass is 10.2. The zero-order valence-corrected chi connectivity index (χ0v) is 10.1. The minimum absolute atomic E-state index is 0.102. The van der Waals surface area contributed by atoms with Crippen molar-refractivity contribution in [1.82, 2.24) is 10.3 Å². The van der Waals surface area contributed by atoms with Gasteiger partial charge in [0.2, 0.25) is 0 Å². The van der Waals surface area contributed by atoms with Gasteiger partial charge in [-0.1, -0.05) is 18.2 Å². The lowest BCUT2D eigenvalue weighted by Crippen LogP contribution is -2.25. The molecule has 0 aliphatic rings. The molecule has 0 fully saturated rings. The Morgan fingerprint density at radius 2 is 2.05 bits per heavy atom. The number of hydrogen-bond acceptors (Lipinski definition) is 4. The Bertz CT molecular complexity index is 588. The van der Waals surface area contributed by atoms with Crippen molar-refractivity contribution in [2.45, 2.75) is 6.54 Å². The molecular weight excluding hydrogens is 247 g/mol. The Morgan fingerprint density at radius 3 is 2.79 bits per heavy atom. The molecule has 4 N–H and O–H groups in total. The van der Waals surface area contributed by atoms with Crippen LogP contribution in [0.1, 0.15) is 15.9 Å². The molecule has 0 unspecified atom stereocenters. The third-order valence-corrected chi connectivity index (χ3v) is 2.59. The molecule has 0 aliphatic heterocycles. The molecule has 98 valence electrons. The molecule has 5 nitrogen and oxygen atoms in total. The van der Waals surface area contributed by atoms with Crippen LogP contribution >= 0.6 is 0 Å².